The zero-order valence-corrected chi connectivity index (χ0v) is 21.2. The zero-order valence-electron chi connectivity index (χ0n) is 20.4. The van der Waals surface area contributed by atoms with E-state index in [0.717, 1.165) is 5.56 Å². The van der Waals surface area contributed by atoms with E-state index in [-0.39, 0.29) is 22.8 Å². The number of halogens is 1. The normalized spacial score (nSPS) is 12.9. The topological polar surface area (TPSA) is 72.3 Å². The van der Waals surface area contributed by atoms with Gasteiger partial charge in [0.05, 0.1) is 27.5 Å². The summed E-state index contributed by atoms with van der Waals surface area (Å²) < 4.78 is 44.3. The van der Waals surface area contributed by atoms with Crippen molar-refractivity contribution >= 4 is 20.9 Å². The van der Waals surface area contributed by atoms with Crippen molar-refractivity contribution in [1.29, 1.82) is 0 Å². The highest BCUT2D eigenvalue weighted by molar-refractivity contribution is 7.89. The molecule has 0 radical (unpaired) electrons. The van der Waals surface area contributed by atoms with Gasteiger partial charge in [0.15, 0.2) is 0 Å². The Morgan fingerprint density at radius 3 is 2.20 bits per heavy atom. The van der Waals surface area contributed by atoms with Gasteiger partial charge in [-0.05, 0) is 75.2 Å². The zero-order chi connectivity index (χ0) is 25.5. The molecule has 1 atom stereocenters. The van der Waals surface area contributed by atoms with E-state index in [1.54, 1.807) is 52.0 Å². The highest BCUT2D eigenvalue weighted by Gasteiger charge is 2.34. The predicted molar refractivity (Wildman–Crippen MR) is 136 cm³/mol. The summed E-state index contributed by atoms with van der Waals surface area (Å²) in [5, 5.41) is 0.393. The Morgan fingerprint density at radius 2 is 1.60 bits per heavy atom. The minimum absolute atomic E-state index is 0.169. The van der Waals surface area contributed by atoms with Gasteiger partial charge in [0.2, 0.25) is 10.0 Å². The quantitative estimate of drug-likeness (QED) is 0.369. The number of fused-ring (bicyclic) bond motifs is 1. The highest BCUT2D eigenvalue weighted by atomic mass is 32.2. The number of hydrogen-bond acceptors (Lipinski definition) is 4. The Bertz CT molecular complexity index is 1560. The van der Waals surface area contributed by atoms with Gasteiger partial charge in [-0.1, -0.05) is 36.8 Å². The predicted octanol–water partition coefficient (Wildman–Crippen LogP) is 5.22. The lowest BCUT2D eigenvalue weighted by Crippen LogP contribution is -2.38. The second kappa shape index (κ2) is 9.36. The number of nitrogens with zero attached hydrogens (tertiary/aromatic N) is 3. The SMILES string of the molecule is CCN(C(C)c1nc2ccccc2c(=O)n1-c1ccc(F)cc1)S(=O)(=O)c1c(C)cc(C)cc1C. The molecule has 0 fully saturated rings. The van der Waals surface area contributed by atoms with E-state index in [1.807, 2.05) is 19.1 Å². The molecule has 3 aromatic carbocycles. The van der Waals surface area contributed by atoms with Crippen LogP contribution in [0.3, 0.4) is 0 Å². The van der Waals surface area contributed by atoms with Gasteiger partial charge < -0.3 is 0 Å². The van der Waals surface area contributed by atoms with Gasteiger partial charge in [0.25, 0.3) is 5.56 Å². The summed E-state index contributed by atoms with van der Waals surface area (Å²) in [6.45, 7) is 9.15. The molecular formula is C27H28FN3O3S. The van der Waals surface area contributed by atoms with E-state index in [2.05, 4.69) is 0 Å². The second-order valence-electron chi connectivity index (χ2n) is 8.72. The number of aryl methyl sites for hydroxylation is 3. The number of sulfonamides is 1. The fourth-order valence-corrected chi connectivity index (χ4v) is 6.76. The molecule has 1 heterocycles. The Hall–Kier alpha value is -3.36. The maximum Gasteiger partial charge on any atom is 0.266 e. The van der Waals surface area contributed by atoms with E-state index in [9.17, 15) is 17.6 Å². The van der Waals surface area contributed by atoms with Crippen LogP contribution in [0.5, 0.6) is 0 Å². The summed E-state index contributed by atoms with van der Waals surface area (Å²) in [6, 6.07) is 15.3. The average Bonchev–Trinajstić information content (AvgIpc) is 2.79. The fourth-order valence-electron chi connectivity index (χ4n) is 4.74. The van der Waals surface area contributed by atoms with Gasteiger partial charge in [0.1, 0.15) is 11.6 Å². The van der Waals surface area contributed by atoms with Crippen LogP contribution >= 0.6 is 0 Å². The largest absolute Gasteiger partial charge is 0.268 e. The standard InChI is InChI=1S/C27H28FN3O3S/c1-6-30(35(33,34)25-18(3)15-17(2)16-19(25)4)20(5)26-29-24-10-8-7-9-23(24)27(32)31(26)22-13-11-21(28)12-14-22/h7-16,20H,6H2,1-5H3. The van der Waals surface area contributed by atoms with Gasteiger partial charge in [0, 0.05) is 6.54 Å². The lowest BCUT2D eigenvalue weighted by atomic mass is 10.1. The summed E-state index contributed by atoms with van der Waals surface area (Å²) in [5.41, 5.74) is 2.84. The maximum absolute atomic E-state index is 13.9. The number of hydrogen-bond donors (Lipinski definition) is 0. The molecule has 1 unspecified atom stereocenters. The molecule has 6 nitrogen and oxygen atoms in total. The van der Waals surface area contributed by atoms with Crippen molar-refractivity contribution in [3.8, 4) is 5.69 Å². The first kappa shape index (κ1) is 24.8. The van der Waals surface area contributed by atoms with Crippen molar-refractivity contribution in [1.82, 2.24) is 13.9 Å². The third-order valence-electron chi connectivity index (χ3n) is 6.18. The van der Waals surface area contributed by atoms with Gasteiger partial charge in [-0.25, -0.2) is 17.8 Å². The summed E-state index contributed by atoms with van der Waals surface area (Å²) in [7, 11) is -3.93. The average molecular weight is 494 g/mol. The molecule has 0 aliphatic heterocycles. The number of rotatable bonds is 6. The van der Waals surface area contributed by atoms with E-state index < -0.39 is 21.9 Å². The number of para-hydroxylation sites is 1. The van der Waals surface area contributed by atoms with E-state index in [1.165, 1.54) is 33.1 Å². The van der Waals surface area contributed by atoms with Crippen LogP contribution in [0.15, 0.2) is 70.4 Å². The maximum atomic E-state index is 13.9. The number of benzene rings is 3. The van der Waals surface area contributed by atoms with Crippen molar-refractivity contribution < 1.29 is 12.8 Å². The van der Waals surface area contributed by atoms with Crippen LogP contribution in [0.4, 0.5) is 4.39 Å². The molecule has 8 heteroatoms. The van der Waals surface area contributed by atoms with Crippen LogP contribution < -0.4 is 5.56 Å². The van der Waals surface area contributed by atoms with Crippen molar-refractivity contribution in [2.45, 2.75) is 45.6 Å². The Kier molecular flexibility index (Phi) is 6.62. The molecule has 0 bridgehead atoms. The lowest BCUT2D eigenvalue weighted by Gasteiger charge is -2.30. The molecule has 1 aromatic heterocycles. The smallest absolute Gasteiger partial charge is 0.266 e. The third-order valence-corrected chi connectivity index (χ3v) is 8.53. The fraction of sp³-hybridized carbons (Fsp3) is 0.259. The summed E-state index contributed by atoms with van der Waals surface area (Å²) in [4.78, 5) is 18.6. The molecule has 0 saturated heterocycles. The van der Waals surface area contributed by atoms with E-state index in [4.69, 9.17) is 4.98 Å². The third kappa shape index (κ3) is 4.39. The summed E-state index contributed by atoms with van der Waals surface area (Å²) >= 11 is 0. The van der Waals surface area contributed by atoms with Crippen LogP contribution in [-0.4, -0.2) is 28.8 Å². The van der Waals surface area contributed by atoms with Gasteiger partial charge >= 0.3 is 0 Å². The summed E-state index contributed by atoms with van der Waals surface area (Å²) in [6.07, 6.45) is 0. The molecule has 0 aliphatic carbocycles. The highest BCUT2D eigenvalue weighted by Crippen LogP contribution is 2.31. The van der Waals surface area contributed by atoms with Crippen LogP contribution in [-0.2, 0) is 10.0 Å². The molecular weight excluding hydrogens is 465 g/mol. The molecule has 0 spiro atoms. The van der Waals surface area contributed by atoms with Crippen LogP contribution in [0, 0.1) is 26.6 Å². The van der Waals surface area contributed by atoms with Gasteiger partial charge in [-0.15, -0.1) is 0 Å². The molecule has 182 valence electrons. The first-order valence-corrected chi connectivity index (χ1v) is 12.9. The first-order valence-electron chi connectivity index (χ1n) is 11.4. The van der Waals surface area contributed by atoms with Gasteiger partial charge in [-0.2, -0.15) is 4.31 Å². The first-order chi connectivity index (χ1) is 16.6. The van der Waals surface area contributed by atoms with Crippen molar-refractivity contribution in [2.24, 2.45) is 0 Å². The Labute approximate surface area is 204 Å². The minimum atomic E-state index is -3.93. The van der Waals surface area contributed by atoms with Crippen molar-refractivity contribution in [2.75, 3.05) is 6.54 Å². The van der Waals surface area contributed by atoms with Crippen molar-refractivity contribution in [3.63, 3.8) is 0 Å². The van der Waals surface area contributed by atoms with Gasteiger partial charge in [-0.3, -0.25) is 9.36 Å². The molecule has 4 rings (SSSR count). The lowest BCUT2D eigenvalue weighted by molar-refractivity contribution is 0.340. The summed E-state index contributed by atoms with van der Waals surface area (Å²) in [5.74, 6) is -0.179. The Morgan fingerprint density at radius 1 is 1.00 bits per heavy atom. The van der Waals surface area contributed by atoms with Crippen LogP contribution in [0.25, 0.3) is 16.6 Å². The molecule has 0 N–H and O–H groups in total. The molecule has 0 aliphatic rings. The van der Waals surface area contributed by atoms with Crippen LogP contribution in [0.1, 0.15) is 42.4 Å². The molecule has 4 aromatic rings. The second-order valence-corrected chi connectivity index (χ2v) is 10.5. The molecule has 0 saturated carbocycles. The van der Waals surface area contributed by atoms with E-state index >= 15 is 0 Å². The minimum Gasteiger partial charge on any atom is -0.268 e. The molecule has 35 heavy (non-hydrogen) atoms. The monoisotopic (exact) mass is 493 g/mol. The van der Waals surface area contributed by atoms with Crippen molar-refractivity contribution in [3.05, 3.63) is 99.3 Å². The molecule has 0 amide bonds. The van der Waals surface area contributed by atoms with Crippen LogP contribution in [0.2, 0.25) is 0 Å². The number of aromatic nitrogens is 2. The Balaban J connectivity index is 1.96. The van der Waals surface area contributed by atoms with E-state index in [0.29, 0.717) is 27.7 Å².